The Bertz CT molecular complexity index is 343. The molecule has 0 bridgehead atoms. The molecule has 0 nitrogen and oxygen atoms in total. The molecule has 1 aromatic carbocycles. The van der Waals surface area contributed by atoms with Gasteiger partial charge in [0.2, 0.25) is 0 Å². The van der Waals surface area contributed by atoms with Gasteiger partial charge in [0, 0.05) is 0 Å². The van der Waals surface area contributed by atoms with Gasteiger partial charge in [0.15, 0.2) is 0 Å². The Labute approximate surface area is 88.1 Å². The summed E-state index contributed by atoms with van der Waals surface area (Å²) in [6.07, 6.45) is 3.98. The fourth-order valence-electron chi connectivity index (χ4n) is 1.61. The van der Waals surface area contributed by atoms with Crippen LogP contribution in [0, 0.1) is 0 Å². The van der Waals surface area contributed by atoms with Crippen LogP contribution in [0.2, 0.25) is 0 Å². The zero-order valence-corrected chi connectivity index (χ0v) is 9.57. The number of rotatable bonds is 1. The first-order valence-electron chi connectivity index (χ1n) is 4.29. The predicted octanol–water partition coefficient (Wildman–Crippen LogP) is 4.09. The van der Waals surface area contributed by atoms with Crippen molar-refractivity contribution in [1.29, 1.82) is 0 Å². The Morgan fingerprint density at radius 2 is 1.77 bits per heavy atom. The first-order valence-corrected chi connectivity index (χ1v) is 8.59. The Balaban J connectivity index is 2.51. The van der Waals surface area contributed by atoms with Crippen molar-refractivity contribution in [2.24, 2.45) is 0 Å². The first kappa shape index (κ1) is 9.52. The summed E-state index contributed by atoms with van der Waals surface area (Å²) in [6.45, 7) is 0. The van der Waals surface area contributed by atoms with Gasteiger partial charge in [0.05, 0.1) is 0 Å². The number of hydrogen-bond acceptors (Lipinski definition) is 0. The molecule has 0 saturated heterocycles. The second kappa shape index (κ2) is 2.98. The summed E-state index contributed by atoms with van der Waals surface area (Å²) in [6, 6.07) is 10.00. The summed E-state index contributed by atoms with van der Waals surface area (Å²) < 4.78 is 0. The van der Waals surface area contributed by atoms with E-state index in [1.165, 1.54) is 0 Å². The van der Waals surface area contributed by atoms with Gasteiger partial charge in [-0.2, -0.15) is 0 Å². The van der Waals surface area contributed by atoms with Gasteiger partial charge in [-0.05, 0) is 0 Å². The maximum atomic E-state index is 6.56. The molecule has 0 atom stereocenters. The number of allylic oxidation sites excluding steroid dienone is 1. The Morgan fingerprint density at radius 1 is 1.08 bits per heavy atom. The molecule has 0 unspecified atom stereocenters. The monoisotopic (exact) mass is 232 g/mol. The number of halogens is 2. The molecule has 2 rings (SSSR count). The molecular formula is C10H11Cl2P. The van der Waals surface area contributed by atoms with Crippen molar-refractivity contribution in [2.75, 3.05) is 6.16 Å². The van der Waals surface area contributed by atoms with Crippen molar-refractivity contribution in [3.63, 3.8) is 0 Å². The molecule has 1 aromatic rings. The van der Waals surface area contributed by atoms with E-state index < -0.39 is 5.31 Å². The SMILES string of the molecule is ClP1(Cl)(c2ccccc2)C=CCC1. The molecule has 13 heavy (non-hydrogen) atoms. The van der Waals surface area contributed by atoms with Crippen LogP contribution in [-0.2, 0) is 0 Å². The third-order valence-electron chi connectivity index (χ3n) is 2.39. The van der Waals surface area contributed by atoms with E-state index in [1.807, 2.05) is 36.1 Å². The van der Waals surface area contributed by atoms with E-state index in [2.05, 4.69) is 6.08 Å². The van der Waals surface area contributed by atoms with Crippen molar-refractivity contribution in [1.82, 2.24) is 0 Å². The molecule has 0 saturated carbocycles. The first-order chi connectivity index (χ1) is 6.10. The number of hydrogen-bond donors (Lipinski definition) is 0. The molecule has 3 heteroatoms. The Morgan fingerprint density at radius 3 is 2.31 bits per heavy atom. The summed E-state index contributed by atoms with van der Waals surface area (Å²) in [5.41, 5.74) is 0. The average molecular weight is 233 g/mol. The van der Waals surface area contributed by atoms with E-state index in [4.69, 9.17) is 22.5 Å². The van der Waals surface area contributed by atoms with Gasteiger partial charge in [0.1, 0.15) is 0 Å². The quantitative estimate of drug-likeness (QED) is 0.641. The van der Waals surface area contributed by atoms with Crippen LogP contribution >= 0.6 is 27.8 Å². The van der Waals surface area contributed by atoms with Crippen LogP contribution in [0.3, 0.4) is 0 Å². The normalized spacial score (nSPS) is 26.5. The second-order valence-corrected chi connectivity index (χ2v) is 12.1. The van der Waals surface area contributed by atoms with Gasteiger partial charge in [-0.15, -0.1) is 0 Å². The van der Waals surface area contributed by atoms with E-state index in [0.29, 0.717) is 0 Å². The van der Waals surface area contributed by atoms with E-state index in [-0.39, 0.29) is 0 Å². The van der Waals surface area contributed by atoms with E-state index >= 15 is 0 Å². The van der Waals surface area contributed by atoms with Gasteiger partial charge < -0.3 is 0 Å². The van der Waals surface area contributed by atoms with Crippen molar-refractivity contribution < 1.29 is 0 Å². The summed E-state index contributed by atoms with van der Waals surface area (Å²) >= 11 is 13.1. The fourth-order valence-corrected chi connectivity index (χ4v) is 5.90. The third-order valence-corrected chi connectivity index (χ3v) is 8.47. The molecule has 1 aliphatic heterocycles. The molecule has 0 radical (unpaired) electrons. The van der Waals surface area contributed by atoms with E-state index in [1.54, 1.807) is 0 Å². The molecular weight excluding hydrogens is 222 g/mol. The van der Waals surface area contributed by atoms with Crippen LogP contribution in [0.25, 0.3) is 0 Å². The zero-order chi connectivity index (χ0) is 9.39. The van der Waals surface area contributed by atoms with E-state index in [0.717, 1.165) is 17.9 Å². The van der Waals surface area contributed by atoms with Crippen LogP contribution in [0.15, 0.2) is 42.2 Å². The standard InChI is InChI=1S/C10H11Cl2P/c11-13(12,8-4-5-9-13)10-6-2-1-3-7-10/h1-4,6-8H,5,9H2. The summed E-state index contributed by atoms with van der Waals surface area (Å²) in [5.74, 6) is 2.02. The number of benzene rings is 1. The van der Waals surface area contributed by atoms with Gasteiger partial charge in [-0.25, -0.2) is 0 Å². The molecule has 0 fully saturated rings. The molecule has 70 valence electrons. The molecule has 1 aliphatic rings. The Hall–Kier alpha value is -0.0300. The summed E-state index contributed by atoms with van der Waals surface area (Å²) in [5, 5.41) is -1.58. The third kappa shape index (κ3) is 1.64. The van der Waals surface area contributed by atoms with E-state index in [9.17, 15) is 0 Å². The van der Waals surface area contributed by atoms with Gasteiger partial charge >= 0.3 is 87.9 Å². The van der Waals surface area contributed by atoms with Gasteiger partial charge in [-0.1, -0.05) is 0 Å². The predicted molar refractivity (Wildman–Crippen MR) is 63.3 cm³/mol. The molecule has 0 amide bonds. The van der Waals surface area contributed by atoms with Crippen LogP contribution in [0.5, 0.6) is 0 Å². The summed E-state index contributed by atoms with van der Waals surface area (Å²) in [7, 11) is 0. The van der Waals surface area contributed by atoms with Crippen LogP contribution in [0.1, 0.15) is 6.42 Å². The molecule has 0 aliphatic carbocycles. The van der Waals surface area contributed by atoms with Crippen molar-refractivity contribution in [3.8, 4) is 0 Å². The molecule has 0 N–H and O–H groups in total. The van der Waals surface area contributed by atoms with Crippen LogP contribution in [0.4, 0.5) is 0 Å². The Kier molecular flexibility index (Phi) is 2.19. The average Bonchev–Trinajstić information content (AvgIpc) is 2.51. The minimum absolute atomic E-state index is 0.888. The van der Waals surface area contributed by atoms with Crippen molar-refractivity contribution >= 4 is 33.1 Å². The van der Waals surface area contributed by atoms with Crippen molar-refractivity contribution in [3.05, 3.63) is 42.2 Å². The minimum atomic E-state index is -2.67. The molecule has 0 aromatic heterocycles. The molecule has 1 heterocycles. The molecule has 0 spiro atoms. The van der Waals surface area contributed by atoms with Crippen LogP contribution in [-0.4, -0.2) is 6.16 Å². The topological polar surface area (TPSA) is 0 Å². The summed E-state index contributed by atoms with van der Waals surface area (Å²) in [4.78, 5) is 0. The van der Waals surface area contributed by atoms with Gasteiger partial charge in [-0.3, -0.25) is 0 Å². The van der Waals surface area contributed by atoms with Gasteiger partial charge in [0.25, 0.3) is 0 Å². The van der Waals surface area contributed by atoms with Crippen molar-refractivity contribution in [2.45, 2.75) is 6.42 Å². The zero-order valence-electron chi connectivity index (χ0n) is 7.16. The maximum absolute atomic E-state index is 6.56. The second-order valence-electron chi connectivity index (χ2n) is 3.37. The van der Waals surface area contributed by atoms with Crippen LogP contribution < -0.4 is 5.30 Å². The fraction of sp³-hybridized carbons (Fsp3) is 0.200.